The third-order valence-electron chi connectivity index (χ3n) is 4.26. The lowest BCUT2D eigenvalue weighted by Crippen LogP contribution is -2.34. The molecule has 0 radical (unpaired) electrons. The quantitative estimate of drug-likeness (QED) is 0.811. The molecule has 0 aromatic heterocycles. The van der Waals surface area contributed by atoms with Crippen LogP contribution in [0.15, 0.2) is 59.7 Å². The molecule has 110 valence electrons. The average Bonchev–Trinajstić information content (AvgIpc) is 2.96. The van der Waals surface area contributed by atoms with Gasteiger partial charge in [-0.1, -0.05) is 42.5 Å². The number of benzene rings is 2. The predicted molar refractivity (Wildman–Crippen MR) is 83.7 cm³/mol. The van der Waals surface area contributed by atoms with Crippen molar-refractivity contribution in [2.75, 3.05) is 6.61 Å². The van der Waals surface area contributed by atoms with E-state index in [0.29, 0.717) is 6.61 Å². The van der Waals surface area contributed by atoms with E-state index in [1.807, 2.05) is 54.6 Å². The Morgan fingerprint density at radius 3 is 2.64 bits per heavy atom. The van der Waals surface area contributed by atoms with Crippen molar-refractivity contribution in [3.63, 3.8) is 0 Å². The highest BCUT2D eigenvalue weighted by atomic mass is 16.5. The molecule has 2 aliphatic heterocycles. The van der Waals surface area contributed by atoms with Gasteiger partial charge in [0.05, 0.1) is 24.3 Å². The molecule has 1 amide bonds. The van der Waals surface area contributed by atoms with Crippen molar-refractivity contribution in [2.24, 2.45) is 11.0 Å². The van der Waals surface area contributed by atoms with Crippen molar-refractivity contribution in [3.8, 4) is 5.75 Å². The molecule has 0 aliphatic carbocycles. The maximum absolute atomic E-state index is 12.1. The number of hydrogen-bond donors (Lipinski definition) is 0. The second-order valence-corrected chi connectivity index (χ2v) is 5.62. The lowest BCUT2D eigenvalue weighted by Gasteiger charge is -2.29. The van der Waals surface area contributed by atoms with Gasteiger partial charge in [-0.05, 0) is 17.7 Å². The lowest BCUT2D eigenvalue weighted by atomic mass is 9.86. The summed E-state index contributed by atoms with van der Waals surface area (Å²) in [6.45, 7) is 2.10. The molecule has 22 heavy (non-hydrogen) atoms. The summed E-state index contributed by atoms with van der Waals surface area (Å²) in [6, 6.07) is 17.8. The van der Waals surface area contributed by atoms with Gasteiger partial charge < -0.3 is 4.74 Å². The van der Waals surface area contributed by atoms with E-state index in [1.54, 1.807) is 11.9 Å². The van der Waals surface area contributed by atoms with E-state index in [1.165, 1.54) is 0 Å². The van der Waals surface area contributed by atoms with E-state index in [4.69, 9.17) is 4.74 Å². The Labute approximate surface area is 129 Å². The average molecular weight is 292 g/mol. The molecule has 0 N–H and O–H groups in total. The van der Waals surface area contributed by atoms with Gasteiger partial charge >= 0.3 is 0 Å². The number of fused-ring (bicyclic) bond motifs is 3. The van der Waals surface area contributed by atoms with Crippen molar-refractivity contribution < 1.29 is 9.53 Å². The highest BCUT2D eigenvalue weighted by Crippen LogP contribution is 2.42. The van der Waals surface area contributed by atoms with Crippen LogP contribution in [0.2, 0.25) is 0 Å². The van der Waals surface area contributed by atoms with Crippen molar-refractivity contribution in [3.05, 3.63) is 65.7 Å². The second-order valence-electron chi connectivity index (χ2n) is 5.62. The number of hydrazone groups is 1. The Morgan fingerprint density at radius 1 is 1.14 bits per heavy atom. The molecule has 2 aromatic carbocycles. The fourth-order valence-electron chi connectivity index (χ4n) is 3.27. The smallest absolute Gasteiger partial charge is 0.240 e. The summed E-state index contributed by atoms with van der Waals surface area (Å²) in [5, 5.41) is 6.23. The van der Waals surface area contributed by atoms with Crippen LogP contribution in [0.3, 0.4) is 0 Å². The van der Waals surface area contributed by atoms with Crippen LogP contribution >= 0.6 is 0 Å². The number of nitrogens with zero attached hydrogens (tertiary/aromatic N) is 2. The molecule has 0 spiro atoms. The van der Waals surface area contributed by atoms with Crippen molar-refractivity contribution in [1.82, 2.24) is 5.01 Å². The van der Waals surface area contributed by atoms with Gasteiger partial charge in [0.25, 0.3) is 0 Å². The summed E-state index contributed by atoms with van der Waals surface area (Å²) in [4.78, 5) is 12.1. The van der Waals surface area contributed by atoms with Crippen LogP contribution in [0.5, 0.6) is 5.75 Å². The minimum absolute atomic E-state index is 0.0479. The van der Waals surface area contributed by atoms with Gasteiger partial charge in [0.1, 0.15) is 5.75 Å². The molecule has 2 heterocycles. The largest absolute Gasteiger partial charge is 0.492 e. The molecule has 4 nitrogen and oxygen atoms in total. The van der Waals surface area contributed by atoms with Crippen molar-refractivity contribution in [2.45, 2.75) is 13.0 Å². The van der Waals surface area contributed by atoms with E-state index >= 15 is 0 Å². The van der Waals surface area contributed by atoms with Crippen LogP contribution in [-0.4, -0.2) is 23.2 Å². The van der Waals surface area contributed by atoms with E-state index < -0.39 is 0 Å². The molecule has 4 rings (SSSR count). The molecule has 0 unspecified atom stereocenters. The predicted octanol–water partition coefficient (Wildman–Crippen LogP) is 3.00. The first-order valence-electron chi connectivity index (χ1n) is 7.41. The lowest BCUT2D eigenvalue weighted by molar-refractivity contribution is -0.131. The summed E-state index contributed by atoms with van der Waals surface area (Å²) >= 11 is 0. The normalized spacial score (nSPS) is 22.4. The first-order valence-corrected chi connectivity index (χ1v) is 7.41. The van der Waals surface area contributed by atoms with E-state index in [-0.39, 0.29) is 17.9 Å². The van der Waals surface area contributed by atoms with Gasteiger partial charge in [-0.15, -0.1) is 0 Å². The minimum Gasteiger partial charge on any atom is -0.492 e. The Bertz CT molecular complexity index is 755. The molecule has 0 saturated heterocycles. The zero-order valence-corrected chi connectivity index (χ0v) is 12.3. The summed E-state index contributed by atoms with van der Waals surface area (Å²) in [5.74, 6) is 0.865. The van der Waals surface area contributed by atoms with Crippen molar-refractivity contribution >= 4 is 11.6 Å². The zero-order valence-electron chi connectivity index (χ0n) is 12.3. The molecule has 2 aromatic rings. The first kappa shape index (κ1) is 13.1. The summed E-state index contributed by atoms with van der Waals surface area (Å²) in [5.41, 5.74) is 3.03. The van der Waals surface area contributed by atoms with E-state index in [2.05, 4.69) is 5.10 Å². The number of carbonyl (C=O) groups is 1. The highest BCUT2D eigenvalue weighted by Gasteiger charge is 2.43. The summed E-state index contributed by atoms with van der Waals surface area (Å²) < 4.78 is 5.90. The number of ether oxygens (including phenoxy) is 1. The van der Waals surface area contributed by atoms with Gasteiger partial charge in [0.15, 0.2) is 0 Å². The molecular formula is C18H16N2O2. The third-order valence-corrected chi connectivity index (χ3v) is 4.26. The SMILES string of the molecule is CC(=O)N1N=C2c3ccccc3OC[C@@H]2[C@H]1c1ccccc1. The van der Waals surface area contributed by atoms with Crippen molar-refractivity contribution in [1.29, 1.82) is 0 Å². The molecule has 2 aliphatic rings. The van der Waals surface area contributed by atoms with Gasteiger partial charge in [0.2, 0.25) is 5.91 Å². The van der Waals surface area contributed by atoms with Crippen LogP contribution in [0, 0.1) is 5.92 Å². The Balaban J connectivity index is 1.82. The summed E-state index contributed by atoms with van der Waals surface area (Å²) in [6.07, 6.45) is 0. The zero-order chi connectivity index (χ0) is 15.1. The van der Waals surface area contributed by atoms with Crippen LogP contribution in [0.4, 0.5) is 0 Å². The Hall–Kier alpha value is -2.62. The van der Waals surface area contributed by atoms with Crippen LogP contribution in [0.25, 0.3) is 0 Å². The van der Waals surface area contributed by atoms with Crippen LogP contribution < -0.4 is 4.74 Å². The van der Waals surface area contributed by atoms with E-state index in [9.17, 15) is 4.79 Å². The molecule has 0 saturated carbocycles. The van der Waals surface area contributed by atoms with Crippen LogP contribution in [-0.2, 0) is 4.79 Å². The monoisotopic (exact) mass is 292 g/mol. The van der Waals surface area contributed by atoms with Gasteiger partial charge in [-0.2, -0.15) is 5.10 Å². The number of hydrogen-bond acceptors (Lipinski definition) is 3. The standard InChI is InChI=1S/C18H16N2O2/c1-12(21)20-18(13-7-3-2-4-8-13)15-11-22-16-10-6-5-9-14(16)17(15)19-20/h2-10,15,18H,11H2,1H3/t15-,18+/m0/s1. The molecule has 0 fully saturated rings. The molecular weight excluding hydrogens is 276 g/mol. The Morgan fingerprint density at radius 2 is 1.86 bits per heavy atom. The summed E-state index contributed by atoms with van der Waals surface area (Å²) in [7, 11) is 0. The van der Waals surface area contributed by atoms with Gasteiger partial charge in [0, 0.05) is 12.5 Å². The Kier molecular flexibility index (Phi) is 2.96. The fraction of sp³-hybridized carbons (Fsp3) is 0.222. The van der Waals surface area contributed by atoms with Gasteiger partial charge in [-0.25, -0.2) is 5.01 Å². The molecule has 2 atom stereocenters. The topological polar surface area (TPSA) is 41.9 Å². The van der Waals surface area contributed by atoms with E-state index in [0.717, 1.165) is 22.6 Å². The van der Waals surface area contributed by atoms with Crippen LogP contribution in [0.1, 0.15) is 24.1 Å². The number of amides is 1. The number of rotatable bonds is 1. The number of para-hydroxylation sites is 1. The van der Waals surface area contributed by atoms with Gasteiger partial charge in [-0.3, -0.25) is 4.79 Å². The second kappa shape index (κ2) is 4.98. The third kappa shape index (κ3) is 1.91. The number of carbonyl (C=O) groups excluding carboxylic acids is 1. The maximum atomic E-state index is 12.1. The first-order chi connectivity index (χ1) is 10.8. The maximum Gasteiger partial charge on any atom is 0.240 e. The fourth-order valence-corrected chi connectivity index (χ4v) is 3.27. The highest BCUT2D eigenvalue weighted by molar-refractivity contribution is 6.07. The molecule has 4 heteroatoms. The minimum atomic E-state index is -0.0953. The molecule has 0 bridgehead atoms.